The SMILES string of the molecule is CCCNCc1nccn1CC(=O)Nc1ccccc1. The monoisotopic (exact) mass is 272 g/mol. The standard InChI is InChI=1S/C15H20N4O/c1-2-8-16-11-14-17-9-10-19(14)12-15(20)18-13-6-4-3-5-7-13/h3-7,9-10,16H,2,8,11-12H2,1H3,(H,18,20). The number of carbonyl (C=O) groups is 1. The average Bonchev–Trinajstić information content (AvgIpc) is 2.87. The summed E-state index contributed by atoms with van der Waals surface area (Å²) < 4.78 is 1.86. The topological polar surface area (TPSA) is 59.0 Å². The highest BCUT2D eigenvalue weighted by Crippen LogP contribution is 2.05. The third-order valence-electron chi connectivity index (χ3n) is 2.88. The smallest absolute Gasteiger partial charge is 0.244 e. The van der Waals surface area contributed by atoms with E-state index in [2.05, 4.69) is 22.5 Å². The van der Waals surface area contributed by atoms with Crippen molar-refractivity contribution in [1.82, 2.24) is 14.9 Å². The van der Waals surface area contributed by atoms with Crippen LogP contribution < -0.4 is 10.6 Å². The number of amides is 1. The van der Waals surface area contributed by atoms with Crippen molar-refractivity contribution in [3.05, 3.63) is 48.5 Å². The summed E-state index contributed by atoms with van der Waals surface area (Å²) in [6, 6.07) is 9.45. The summed E-state index contributed by atoms with van der Waals surface area (Å²) in [5, 5.41) is 6.15. The van der Waals surface area contributed by atoms with Crippen molar-refractivity contribution in [3.63, 3.8) is 0 Å². The molecule has 0 aliphatic heterocycles. The second kappa shape index (κ2) is 7.45. The molecule has 1 aromatic heterocycles. The van der Waals surface area contributed by atoms with Crippen LogP contribution in [0.4, 0.5) is 5.69 Å². The average molecular weight is 272 g/mol. The molecule has 2 rings (SSSR count). The van der Waals surface area contributed by atoms with E-state index in [0.717, 1.165) is 24.5 Å². The lowest BCUT2D eigenvalue weighted by Gasteiger charge is -2.09. The van der Waals surface area contributed by atoms with E-state index >= 15 is 0 Å². The Balaban J connectivity index is 1.89. The summed E-state index contributed by atoms with van der Waals surface area (Å²) in [6.45, 7) is 4.02. The van der Waals surface area contributed by atoms with Crippen molar-refractivity contribution in [2.24, 2.45) is 0 Å². The van der Waals surface area contributed by atoms with Crippen molar-refractivity contribution in [2.75, 3.05) is 11.9 Å². The summed E-state index contributed by atoms with van der Waals surface area (Å²) in [7, 11) is 0. The quantitative estimate of drug-likeness (QED) is 0.758. The summed E-state index contributed by atoms with van der Waals surface area (Å²) in [5.74, 6) is 0.826. The van der Waals surface area contributed by atoms with Gasteiger partial charge in [0.25, 0.3) is 0 Å². The number of hydrogen-bond acceptors (Lipinski definition) is 3. The van der Waals surface area contributed by atoms with Gasteiger partial charge in [0, 0.05) is 18.1 Å². The molecule has 1 aromatic carbocycles. The second-order valence-electron chi connectivity index (χ2n) is 4.56. The molecule has 5 nitrogen and oxygen atoms in total. The molecule has 0 aliphatic carbocycles. The summed E-state index contributed by atoms with van der Waals surface area (Å²) in [4.78, 5) is 16.3. The highest BCUT2D eigenvalue weighted by Gasteiger charge is 2.07. The lowest BCUT2D eigenvalue weighted by molar-refractivity contribution is -0.116. The van der Waals surface area contributed by atoms with E-state index < -0.39 is 0 Å². The van der Waals surface area contributed by atoms with Crippen molar-refractivity contribution in [2.45, 2.75) is 26.4 Å². The van der Waals surface area contributed by atoms with Crippen molar-refractivity contribution >= 4 is 11.6 Å². The number of nitrogens with zero attached hydrogens (tertiary/aromatic N) is 2. The zero-order chi connectivity index (χ0) is 14.2. The number of benzene rings is 1. The van der Waals surface area contributed by atoms with Crippen LogP contribution in [-0.2, 0) is 17.9 Å². The Bertz CT molecular complexity index is 536. The van der Waals surface area contributed by atoms with Crippen LogP contribution in [0.15, 0.2) is 42.7 Å². The van der Waals surface area contributed by atoms with Crippen molar-refractivity contribution < 1.29 is 4.79 Å². The minimum absolute atomic E-state index is 0.0501. The summed E-state index contributed by atoms with van der Waals surface area (Å²) in [6.07, 6.45) is 4.63. The Morgan fingerprint density at radius 1 is 1.30 bits per heavy atom. The minimum Gasteiger partial charge on any atom is -0.325 e. The molecule has 0 saturated heterocycles. The van der Waals surface area contributed by atoms with Crippen LogP contribution in [0.3, 0.4) is 0 Å². The highest BCUT2D eigenvalue weighted by atomic mass is 16.1. The van der Waals surface area contributed by atoms with Gasteiger partial charge in [-0.2, -0.15) is 0 Å². The lowest BCUT2D eigenvalue weighted by atomic mass is 10.3. The molecule has 1 amide bonds. The fraction of sp³-hybridized carbons (Fsp3) is 0.333. The van der Waals surface area contributed by atoms with Gasteiger partial charge in [-0.3, -0.25) is 4.79 Å². The van der Waals surface area contributed by atoms with Gasteiger partial charge in [-0.1, -0.05) is 25.1 Å². The fourth-order valence-corrected chi connectivity index (χ4v) is 1.90. The molecule has 0 fully saturated rings. The van der Waals surface area contributed by atoms with E-state index in [1.54, 1.807) is 6.20 Å². The van der Waals surface area contributed by atoms with Gasteiger partial charge in [0.2, 0.25) is 5.91 Å². The van der Waals surface area contributed by atoms with Gasteiger partial charge in [-0.25, -0.2) is 4.98 Å². The van der Waals surface area contributed by atoms with Crippen LogP contribution in [0.2, 0.25) is 0 Å². The summed E-state index contributed by atoms with van der Waals surface area (Å²) >= 11 is 0. The molecule has 0 atom stereocenters. The van der Waals surface area contributed by atoms with Gasteiger partial charge in [0.1, 0.15) is 12.4 Å². The molecule has 2 N–H and O–H groups in total. The first-order valence-corrected chi connectivity index (χ1v) is 6.85. The maximum absolute atomic E-state index is 12.0. The molecule has 5 heteroatoms. The largest absolute Gasteiger partial charge is 0.325 e. The van der Waals surface area contributed by atoms with Gasteiger partial charge in [-0.05, 0) is 25.1 Å². The van der Waals surface area contributed by atoms with Crippen LogP contribution in [0.25, 0.3) is 0 Å². The number of nitrogens with one attached hydrogen (secondary N) is 2. The van der Waals surface area contributed by atoms with Gasteiger partial charge >= 0.3 is 0 Å². The maximum Gasteiger partial charge on any atom is 0.244 e. The predicted molar refractivity (Wildman–Crippen MR) is 79.3 cm³/mol. The highest BCUT2D eigenvalue weighted by molar-refractivity contribution is 5.90. The number of para-hydroxylation sites is 1. The molecule has 0 spiro atoms. The second-order valence-corrected chi connectivity index (χ2v) is 4.56. The van der Waals surface area contributed by atoms with Crippen molar-refractivity contribution in [3.8, 4) is 0 Å². The normalized spacial score (nSPS) is 10.4. The van der Waals surface area contributed by atoms with E-state index in [9.17, 15) is 4.79 Å². The molecule has 2 aromatic rings. The van der Waals surface area contributed by atoms with E-state index in [-0.39, 0.29) is 12.5 Å². The van der Waals surface area contributed by atoms with Crippen LogP contribution in [-0.4, -0.2) is 22.0 Å². The number of carbonyl (C=O) groups excluding carboxylic acids is 1. The zero-order valence-electron chi connectivity index (χ0n) is 11.7. The Hall–Kier alpha value is -2.14. The van der Waals surface area contributed by atoms with Gasteiger partial charge < -0.3 is 15.2 Å². The Kier molecular flexibility index (Phi) is 5.32. The van der Waals surface area contributed by atoms with Gasteiger partial charge in [0.15, 0.2) is 0 Å². The van der Waals surface area contributed by atoms with Crippen LogP contribution in [0, 0.1) is 0 Å². The van der Waals surface area contributed by atoms with E-state index in [1.165, 1.54) is 0 Å². The predicted octanol–water partition coefficient (Wildman–Crippen LogP) is 2.02. The lowest BCUT2D eigenvalue weighted by Crippen LogP contribution is -2.22. The first-order valence-electron chi connectivity index (χ1n) is 6.85. The first-order chi connectivity index (χ1) is 9.79. The summed E-state index contributed by atoms with van der Waals surface area (Å²) in [5.41, 5.74) is 0.809. The minimum atomic E-state index is -0.0501. The third kappa shape index (κ3) is 4.20. The number of anilines is 1. The van der Waals surface area contributed by atoms with Crippen molar-refractivity contribution in [1.29, 1.82) is 0 Å². The number of imidazole rings is 1. The molecule has 106 valence electrons. The number of hydrogen-bond donors (Lipinski definition) is 2. The zero-order valence-corrected chi connectivity index (χ0v) is 11.7. The van der Waals surface area contributed by atoms with E-state index in [1.807, 2.05) is 41.1 Å². The molecular weight excluding hydrogens is 252 g/mol. The molecule has 0 bridgehead atoms. The van der Waals surface area contributed by atoms with Crippen LogP contribution >= 0.6 is 0 Å². The fourth-order valence-electron chi connectivity index (χ4n) is 1.90. The Morgan fingerprint density at radius 2 is 2.10 bits per heavy atom. The van der Waals surface area contributed by atoms with E-state index in [0.29, 0.717) is 6.54 Å². The molecule has 0 saturated carbocycles. The Labute approximate surface area is 119 Å². The maximum atomic E-state index is 12.0. The number of aromatic nitrogens is 2. The van der Waals surface area contributed by atoms with Gasteiger partial charge in [-0.15, -0.1) is 0 Å². The molecule has 20 heavy (non-hydrogen) atoms. The van der Waals surface area contributed by atoms with Crippen LogP contribution in [0.1, 0.15) is 19.2 Å². The Morgan fingerprint density at radius 3 is 2.85 bits per heavy atom. The number of rotatable bonds is 7. The van der Waals surface area contributed by atoms with Gasteiger partial charge in [0.05, 0.1) is 6.54 Å². The molecular formula is C15H20N4O. The molecule has 0 aliphatic rings. The first kappa shape index (κ1) is 14.3. The third-order valence-corrected chi connectivity index (χ3v) is 2.88. The van der Waals surface area contributed by atoms with E-state index in [4.69, 9.17) is 0 Å². The molecule has 1 heterocycles. The molecule has 0 radical (unpaired) electrons. The van der Waals surface area contributed by atoms with Crippen LogP contribution in [0.5, 0.6) is 0 Å². The molecule has 0 unspecified atom stereocenters.